The lowest BCUT2D eigenvalue weighted by Gasteiger charge is -2.15. The van der Waals surface area contributed by atoms with E-state index >= 15 is 0 Å². The second-order valence-corrected chi connectivity index (χ2v) is 7.16. The number of carbonyl (C=O) groups is 2. The number of carbonyl (C=O) groups excluding carboxylic acids is 2. The van der Waals surface area contributed by atoms with E-state index in [4.69, 9.17) is 4.74 Å². The van der Waals surface area contributed by atoms with E-state index in [1.54, 1.807) is 19.1 Å². The van der Waals surface area contributed by atoms with Gasteiger partial charge in [0.2, 0.25) is 0 Å². The summed E-state index contributed by atoms with van der Waals surface area (Å²) in [6.45, 7) is 1.63. The molecule has 0 fully saturated rings. The molecule has 0 spiro atoms. The molecule has 154 valence electrons. The molecular formula is C26H22N2O3. The predicted octanol–water partition coefficient (Wildman–Crippen LogP) is 4.74. The average Bonchev–Trinajstić information content (AvgIpc) is 2.83. The molecule has 5 heteroatoms. The van der Waals surface area contributed by atoms with E-state index in [9.17, 15) is 9.59 Å². The van der Waals surface area contributed by atoms with E-state index in [-0.39, 0.29) is 0 Å². The fraction of sp³-hybridized carbons (Fsp3) is 0.0769. The number of nitrogens with one attached hydrogen (secondary N) is 2. The highest BCUT2D eigenvalue weighted by molar-refractivity contribution is 5.96. The van der Waals surface area contributed by atoms with Crippen LogP contribution in [0.15, 0.2) is 97.1 Å². The minimum absolute atomic E-state index is 0.397. The van der Waals surface area contributed by atoms with E-state index < -0.39 is 17.9 Å². The zero-order valence-corrected chi connectivity index (χ0v) is 17.0. The summed E-state index contributed by atoms with van der Waals surface area (Å²) in [6, 6.07) is 30.6. The first-order valence-electron chi connectivity index (χ1n) is 10.0. The summed E-state index contributed by atoms with van der Waals surface area (Å²) in [7, 11) is 0. The van der Waals surface area contributed by atoms with Gasteiger partial charge in [0, 0.05) is 5.56 Å². The smallest absolute Gasteiger partial charge is 0.279 e. The van der Waals surface area contributed by atoms with E-state index in [0.29, 0.717) is 11.3 Å². The van der Waals surface area contributed by atoms with Gasteiger partial charge in [-0.15, -0.1) is 0 Å². The molecule has 0 unspecified atom stereocenters. The largest absolute Gasteiger partial charge is 0.481 e. The van der Waals surface area contributed by atoms with Crippen LogP contribution in [0, 0.1) is 0 Å². The molecule has 31 heavy (non-hydrogen) atoms. The fourth-order valence-corrected chi connectivity index (χ4v) is 3.24. The topological polar surface area (TPSA) is 67.4 Å². The molecule has 2 N–H and O–H groups in total. The number of hydrogen-bond acceptors (Lipinski definition) is 3. The molecule has 4 rings (SSSR count). The van der Waals surface area contributed by atoms with Crippen LogP contribution in [0.2, 0.25) is 0 Å². The molecule has 4 aromatic carbocycles. The van der Waals surface area contributed by atoms with Crippen LogP contribution in [0.3, 0.4) is 0 Å². The third kappa shape index (κ3) is 4.90. The van der Waals surface area contributed by atoms with Gasteiger partial charge in [-0.2, -0.15) is 0 Å². The molecule has 0 aliphatic rings. The van der Waals surface area contributed by atoms with Crippen LogP contribution >= 0.6 is 0 Å². The molecule has 0 saturated heterocycles. The van der Waals surface area contributed by atoms with E-state index in [2.05, 4.69) is 10.9 Å². The first-order chi connectivity index (χ1) is 15.1. The molecule has 0 aromatic heterocycles. The number of benzene rings is 4. The SMILES string of the molecule is C[C@H](Oc1ccc2ccccc2c1)C(=O)NNC(=O)c1ccc(-c2ccccc2)cc1. The standard InChI is InChI=1S/C26H22N2O3/c1-18(31-24-16-15-20-9-5-6-10-23(20)17-24)25(29)27-28-26(30)22-13-11-21(12-14-22)19-7-3-2-4-8-19/h2-18H,1H3,(H,27,29)(H,28,30)/t18-/m0/s1. The lowest BCUT2D eigenvalue weighted by atomic mass is 10.0. The molecule has 5 nitrogen and oxygen atoms in total. The third-order valence-corrected chi connectivity index (χ3v) is 4.96. The van der Waals surface area contributed by atoms with Crippen molar-refractivity contribution >= 4 is 22.6 Å². The van der Waals surface area contributed by atoms with Crippen molar-refractivity contribution in [3.8, 4) is 16.9 Å². The Labute approximate surface area is 180 Å². The Kier molecular flexibility index (Phi) is 5.94. The quantitative estimate of drug-likeness (QED) is 0.467. The monoisotopic (exact) mass is 410 g/mol. The molecule has 0 radical (unpaired) electrons. The summed E-state index contributed by atoms with van der Waals surface area (Å²) >= 11 is 0. The Morgan fingerprint density at radius 2 is 1.35 bits per heavy atom. The molecule has 4 aromatic rings. The fourth-order valence-electron chi connectivity index (χ4n) is 3.24. The number of fused-ring (bicyclic) bond motifs is 1. The molecule has 0 bridgehead atoms. The summed E-state index contributed by atoms with van der Waals surface area (Å²) < 4.78 is 5.72. The number of ether oxygens (including phenoxy) is 1. The van der Waals surface area contributed by atoms with Crippen molar-refractivity contribution in [3.63, 3.8) is 0 Å². The van der Waals surface area contributed by atoms with Crippen molar-refractivity contribution in [3.05, 3.63) is 103 Å². The van der Waals surface area contributed by atoms with Crippen LogP contribution in [-0.2, 0) is 4.79 Å². The first-order valence-corrected chi connectivity index (χ1v) is 10.0. The van der Waals surface area contributed by atoms with Crippen molar-refractivity contribution in [1.82, 2.24) is 10.9 Å². The molecule has 0 aliphatic carbocycles. The maximum atomic E-state index is 12.4. The molecule has 1 atom stereocenters. The van der Waals surface area contributed by atoms with Crippen molar-refractivity contribution in [2.45, 2.75) is 13.0 Å². The van der Waals surface area contributed by atoms with Gasteiger partial charge in [-0.1, -0.05) is 72.8 Å². The molecule has 0 saturated carbocycles. The Morgan fingerprint density at radius 3 is 2.10 bits per heavy atom. The highest BCUT2D eigenvalue weighted by atomic mass is 16.5. The van der Waals surface area contributed by atoms with E-state index in [0.717, 1.165) is 21.9 Å². The second-order valence-electron chi connectivity index (χ2n) is 7.16. The third-order valence-electron chi connectivity index (χ3n) is 4.96. The maximum absolute atomic E-state index is 12.4. The molecular weight excluding hydrogens is 388 g/mol. The normalized spacial score (nSPS) is 11.5. The van der Waals surface area contributed by atoms with Crippen molar-refractivity contribution in [2.75, 3.05) is 0 Å². The Hall–Kier alpha value is -4.12. The van der Waals surface area contributed by atoms with Crippen molar-refractivity contribution in [1.29, 1.82) is 0 Å². The van der Waals surface area contributed by atoms with Crippen LogP contribution in [0.5, 0.6) is 5.75 Å². The van der Waals surface area contributed by atoms with Gasteiger partial charge in [-0.25, -0.2) is 0 Å². The number of hydrazine groups is 1. The lowest BCUT2D eigenvalue weighted by molar-refractivity contribution is -0.128. The number of amides is 2. The van der Waals surface area contributed by atoms with Crippen molar-refractivity contribution < 1.29 is 14.3 Å². The molecule has 2 amide bonds. The first kappa shape index (κ1) is 20.2. The highest BCUT2D eigenvalue weighted by Gasteiger charge is 2.16. The number of hydrogen-bond donors (Lipinski definition) is 2. The van der Waals surface area contributed by atoms with Crippen LogP contribution < -0.4 is 15.6 Å². The minimum Gasteiger partial charge on any atom is -0.481 e. The van der Waals surface area contributed by atoms with Crippen LogP contribution in [0.25, 0.3) is 21.9 Å². The summed E-state index contributed by atoms with van der Waals surface area (Å²) in [5.41, 5.74) is 7.39. The van der Waals surface area contributed by atoms with Crippen molar-refractivity contribution in [2.24, 2.45) is 0 Å². The van der Waals surface area contributed by atoms with E-state index in [1.165, 1.54) is 0 Å². The summed E-state index contributed by atoms with van der Waals surface area (Å²) in [4.78, 5) is 24.7. The minimum atomic E-state index is -0.776. The number of rotatable bonds is 5. The van der Waals surface area contributed by atoms with Crippen LogP contribution in [0.4, 0.5) is 0 Å². The molecule has 0 aliphatic heterocycles. The second kappa shape index (κ2) is 9.13. The Bertz CT molecular complexity index is 1200. The van der Waals surface area contributed by atoms with Crippen LogP contribution in [0.1, 0.15) is 17.3 Å². The Balaban J connectivity index is 1.32. The average molecular weight is 410 g/mol. The summed E-state index contributed by atoms with van der Waals surface area (Å²) in [5, 5.41) is 2.12. The van der Waals surface area contributed by atoms with E-state index in [1.807, 2.05) is 84.9 Å². The van der Waals surface area contributed by atoms with Gasteiger partial charge in [0.25, 0.3) is 11.8 Å². The van der Waals surface area contributed by atoms with Gasteiger partial charge < -0.3 is 4.74 Å². The zero-order chi connectivity index (χ0) is 21.6. The predicted molar refractivity (Wildman–Crippen MR) is 122 cm³/mol. The van der Waals surface area contributed by atoms with Gasteiger partial charge in [0.1, 0.15) is 5.75 Å². The van der Waals surface area contributed by atoms with Gasteiger partial charge in [0.05, 0.1) is 0 Å². The van der Waals surface area contributed by atoms with Gasteiger partial charge in [0.15, 0.2) is 6.10 Å². The van der Waals surface area contributed by atoms with Gasteiger partial charge >= 0.3 is 0 Å². The van der Waals surface area contributed by atoms with Crippen LogP contribution in [-0.4, -0.2) is 17.9 Å². The zero-order valence-electron chi connectivity index (χ0n) is 17.0. The maximum Gasteiger partial charge on any atom is 0.279 e. The molecule has 0 heterocycles. The van der Waals surface area contributed by atoms with Gasteiger partial charge in [-0.3, -0.25) is 20.4 Å². The Morgan fingerprint density at radius 1 is 0.710 bits per heavy atom. The lowest BCUT2D eigenvalue weighted by Crippen LogP contribution is -2.47. The summed E-state index contributed by atoms with van der Waals surface area (Å²) in [6.07, 6.45) is -0.776. The summed E-state index contributed by atoms with van der Waals surface area (Å²) in [5.74, 6) is -0.252. The highest BCUT2D eigenvalue weighted by Crippen LogP contribution is 2.21. The van der Waals surface area contributed by atoms with Gasteiger partial charge in [-0.05, 0) is 53.1 Å².